The van der Waals surface area contributed by atoms with Crippen molar-refractivity contribution in [3.05, 3.63) is 48.3 Å². The van der Waals surface area contributed by atoms with Gasteiger partial charge < -0.3 is 15.1 Å². The van der Waals surface area contributed by atoms with E-state index >= 15 is 0 Å². The van der Waals surface area contributed by atoms with E-state index in [0.717, 1.165) is 30.3 Å². The number of nitrogens with one attached hydrogen (secondary N) is 1. The summed E-state index contributed by atoms with van der Waals surface area (Å²) in [4.78, 5) is 24.9. The number of aryl methyl sites for hydroxylation is 1. The molecule has 0 radical (unpaired) electrons. The molecule has 2 heterocycles. The van der Waals surface area contributed by atoms with Gasteiger partial charge in [0.25, 0.3) is 0 Å². The average Bonchev–Trinajstić information content (AvgIpc) is 2.62. The largest absolute Gasteiger partial charge is 0.376 e. The van der Waals surface area contributed by atoms with Crippen LogP contribution in [0.25, 0.3) is 0 Å². The summed E-state index contributed by atoms with van der Waals surface area (Å²) >= 11 is 0. The second-order valence-electron chi connectivity index (χ2n) is 5.59. The monoisotopic (exact) mass is 311 g/mol. The molecule has 0 saturated carbocycles. The molecule has 0 atom stereocenters. The number of carbonyl (C=O) groups excluding carboxylic acids is 1. The zero-order valence-corrected chi connectivity index (χ0v) is 13.3. The maximum atomic E-state index is 12.3. The number of aromatic nitrogens is 2. The Morgan fingerprint density at radius 3 is 2.48 bits per heavy atom. The first kappa shape index (κ1) is 15.3. The highest BCUT2D eigenvalue weighted by atomic mass is 16.2. The summed E-state index contributed by atoms with van der Waals surface area (Å²) in [6.45, 7) is 5.29. The van der Waals surface area contributed by atoms with Gasteiger partial charge in [0.15, 0.2) is 0 Å². The van der Waals surface area contributed by atoms with Gasteiger partial charge in [0.2, 0.25) is 11.9 Å². The van der Waals surface area contributed by atoms with E-state index in [2.05, 4.69) is 20.2 Å². The van der Waals surface area contributed by atoms with Crippen LogP contribution in [0.3, 0.4) is 0 Å². The Morgan fingerprint density at radius 1 is 1.09 bits per heavy atom. The first-order chi connectivity index (χ1) is 11.2. The van der Waals surface area contributed by atoms with Gasteiger partial charge in [0, 0.05) is 44.3 Å². The zero-order valence-electron chi connectivity index (χ0n) is 13.3. The Labute approximate surface area is 136 Å². The van der Waals surface area contributed by atoms with Gasteiger partial charge in [0.1, 0.15) is 0 Å². The predicted octanol–water partition coefficient (Wildman–Crippen LogP) is 1.55. The summed E-state index contributed by atoms with van der Waals surface area (Å²) < 4.78 is 0. The van der Waals surface area contributed by atoms with E-state index in [0.29, 0.717) is 19.6 Å². The highest BCUT2D eigenvalue weighted by molar-refractivity contribution is 5.81. The summed E-state index contributed by atoms with van der Waals surface area (Å²) in [6, 6.07) is 9.80. The van der Waals surface area contributed by atoms with Crippen molar-refractivity contribution >= 4 is 17.5 Å². The molecule has 0 unspecified atom stereocenters. The van der Waals surface area contributed by atoms with Crippen LogP contribution in [0.1, 0.15) is 5.56 Å². The molecule has 1 amide bonds. The maximum absolute atomic E-state index is 12.3. The van der Waals surface area contributed by atoms with Gasteiger partial charge in [-0.05, 0) is 24.6 Å². The maximum Gasteiger partial charge on any atom is 0.241 e. The molecule has 2 aromatic rings. The van der Waals surface area contributed by atoms with Crippen LogP contribution in [0, 0.1) is 6.92 Å². The van der Waals surface area contributed by atoms with Crippen LogP contribution in [0.2, 0.25) is 0 Å². The van der Waals surface area contributed by atoms with E-state index in [1.165, 1.54) is 0 Å². The van der Waals surface area contributed by atoms with Gasteiger partial charge in [-0.1, -0.05) is 18.2 Å². The third-order valence-electron chi connectivity index (χ3n) is 4.04. The molecule has 120 valence electrons. The van der Waals surface area contributed by atoms with Gasteiger partial charge in [-0.25, -0.2) is 9.97 Å². The first-order valence-corrected chi connectivity index (χ1v) is 7.83. The molecular weight excluding hydrogens is 290 g/mol. The Bertz CT molecular complexity index is 653. The van der Waals surface area contributed by atoms with Crippen LogP contribution in [0.15, 0.2) is 42.7 Å². The fraction of sp³-hybridized carbons (Fsp3) is 0.353. The van der Waals surface area contributed by atoms with Crippen molar-refractivity contribution in [1.82, 2.24) is 14.9 Å². The quantitative estimate of drug-likeness (QED) is 0.928. The summed E-state index contributed by atoms with van der Waals surface area (Å²) in [7, 11) is 0. The Hall–Kier alpha value is -2.63. The minimum atomic E-state index is 0.127. The van der Waals surface area contributed by atoms with Crippen molar-refractivity contribution in [3.63, 3.8) is 0 Å². The topological polar surface area (TPSA) is 61.4 Å². The minimum absolute atomic E-state index is 0.127. The van der Waals surface area contributed by atoms with Gasteiger partial charge in [-0.2, -0.15) is 0 Å². The summed E-state index contributed by atoms with van der Waals surface area (Å²) in [6.07, 6.45) is 3.48. The summed E-state index contributed by atoms with van der Waals surface area (Å²) in [5.74, 6) is 0.861. The van der Waals surface area contributed by atoms with Crippen LogP contribution >= 0.6 is 0 Å². The average molecular weight is 311 g/mol. The van der Waals surface area contributed by atoms with Crippen molar-refractivity contribution < 1.29 is 4.79 Å². The van der Waals surface area contributed by atoms with Crippen molar-refractivity contribution in [1.29, 1.82) is 0 Å². The minimum Gasteiger partial charge on any atom is -0.376 e. The van der Waals surface area contributed by atoms with E-state index in [1.807, 2.05) is 36.1 Å². The van der Waals surface area contributed by atoms with Gasteiger partial charge in [0.05, 0.1) is 6.54 Å². The fourth-order valence-corrected chi connectivity index (χ4v) is 2.66. The van der Waals surface area contributed by atoms with Gasteiger partial charge in [-0.15, -0.1) is 0 Å². The van der Waals surface area contributed by atoms with Crippen molar-refractivity contribution in [2.24, 2.45) is 0 Å². The molecule has 0 spiro atoms. The molecule has 1 aliphatic heterocycles. The lowest BCUT2D eigenvalue weighted by Gasteiger charge is -2.34. The van der Waals surface area contributed by atoms with Crippen LogP contribution in [-0.2, 0) is 4.79 Å². The third kappa shape index (κ3) is 3.77. The first-order valence-electron chi connectivity index (χ1n) is 7.83. The smallest absolute Gasteiger partial charge is 0.241 e. The number of hydrogen-bond acceptors (Lipinski definition) is 5. The molecule has 1 aromatic carbocycles. The second-order valence-corrected chi connectivity index (χ2v) is 5.59. The predicted molar refractivity (Wildman–Crippen MR) is 90.5 cm³/mol. The number of benzene rings is 1. The summed E-state index contributed by atoms with van der Waals surface area (Å²) in [5, 5.41) is 3.22. The molecule has 1 aromatic heterocycles. The van der Waals surface area contributed by atoms with Crippen molar-refractivity contribution in [2.75, 3.05) is 42.9 Å². The molecule has 1 saturated heterocycles. The van der Waals surface area contributed by atoms with Crippen LogP contribution < -0.4 is 10.2 Å². The Balaban J connectivity index is 1.50. The van der Waals surface area contributed by atoms with E-state index in [4.69, 9.17) is 0 Å². The van der Waals surface area contributed by atoms with E-state index in [1.54, 1.807) is 18.5 Å². The highest BCUT2D eigenvalue weighted by Crippen LogP contribution is 2.13. The fourth-order valence-electron chi connectivity index (χ4n) is 2.66. The SMILES string of the molecule is Cc1ccccc1NCC(=O)N1CCN(c2ncccn2)CC1. The molecule has 1 N–H and O–H groups in total. The molecular formula is C17H21N5O. The molecule has 0 bridgehead atoms. The standard InChI is InChI=1S/C17H21N5O/c1-14-5-2-3-6-15(14)20-13-16(23)21-9-11-22(12-10-21)17-18-7-4-8-19-17/h2-8,20H,9-13H2,1H3. The molecule has 23 heavy (non-hydrogen) atoms. The number of rotatable bonds is 4. The second kappa shape index (κ2) is 7.09. The van der Waals surface area contributed by atoms with E-state index < -0.39 is 0 Å². The number of amides is 1. The van der Waals surface area contributed by atoms with Gasteiger partial charge in [-0.3, -0.25) is 4.79 Å². The van der Waals surface area contributed by atoms with E-state index in [-0.39, 0.29) is 5.91 Å². The molecule has 3 rings (SSSR count). The normalized spacial score (nSPS) is 14.7. The number of carbonyl (C=O) groups is 1. The van der Waals surface area contributed by atoms with Crippen LogP contribution in [0.5, 0.6) is 0 Å². The van der Waals surface area contributed by atoms with Crippen LogP contribution in [0.4, 0.5) is 11.6 Å². The zero-order chi connectivity index (χ0) is 16.1. The van der Waals surface area contributed by atoms with Crippen LogP contribution in [-0.4, -0.2) is 53.5 Å². The lowest BCUT2D eigenvalue weighted by atomic mass is 10.2. The lowest BCUT2D eigenvalue weighted by molar-refractivity contribution is -0.129. The Kier molecular flexibility index (Phi) is 4.71. The number of anilines is 2. The molecule has 6 heteroatoms. The number of piperazine rings is 1. The number of hydrogen-bond donors (Lipinski definition) is 1. The lowest BCUT2D eigenvalue weighted by Crippen LogP contribution is -2.50. The highest BCUT2D eigenvalue weighted by Gasteiger charge is 2.22. The molecule has 1 fully saturated rings. The molecule has 1 aliphatic rings. The number of nitrogens with zero attached hydrogens (tertiary/aromatic N) is 4. The molecule has 0 aliphatic carbocycles. The summed E-state index contributed by atoms with van der Waals surface area (Å²) in [5.41, 5.74) is 2.16. The third-order valence-corrected chi connectivity index (χ3v) is 4.04. The Morgan fingerprint density at radius 2 is 1.78 bits per heavy atom. The van der Waals surface area contributed by atoms with Gasteiger partial charge >= 0.3 is 0 Å². The number of para-hydroxylation sites is 1. The molecule has 6 nitrogen and oxygen atoms in total. The van der Waals surface area contributed by atoms with E-state index in [9.17, 15) is 4.79 Å². The van der Waals surface area contributed by atoms with Crippen molar-refractivity contribution in [2.45, 2.75) is 6.92 Å². The van der Waals surface area contributed by atoms with Crippen molar-refractivity contribution in [3.8, 4) is 0 Å².